The monoisotopic (exact) mass is 320 g/mol. The Morgan fingerprint density at radius 1 is 0.952 bits per heavy atom. The zero-order valence-corrected chi connectivity index (χ0v) is 12.9. The van der Waals surface area contributed by atoms with E-state index < -0.39 is 0 Å². The Balaban J connectivity index is 2.27. The summed E-state index contributed by atoms with van der Waals surface area (Å²) in [5, 5.41) is 1.54. The molecule has 0 amide bonds. The molecule has 0 saturated heterocycles. The smallest absolute Gasteiger partial charge is 0.161 e. The van der Waals surface area contributed by atoms with Crippen molar-refractivity contribution in [1.29, 1.82) is 0 Å². The van der Waals surface area contributed by atoms with Crippen LogP contribution >= 0.6 is 23.2 Å². The minimum atomic E-state index is -0.314. The molecule has 2 aromatic carbocycles. The van der Waals surface area contributed by atoms with E-state index in [-0.39, 0.29) is 5.82 Å². The second kappa shape index (κ2) is 5.24. The lowest BCUT2D eigenvalue weighted by Crippen LogP contribution is -1.94. The summed E-state index contributed by atoms with van der Waals surface area (Å²) in [6.07, 6.45) is 0. The first-order valence-electron chi connectivity index (χ1n) is 6.35. The number of hydrogen-bond acceptors (Lipinski definition) is 2. The molecule has 3 rings (SSSR count). The second-order valence-electron chi connectivity index (χ2n) is 4.97. The molecule has 106 valence electrons. The summed E-state index contributed by atoms with van der Waals surface area (Å²) >= 11 is 12.3. The molecule has 21 heavy (non-hydrogen) atoms. The molecular formula is C16H11Cl2FN2. The van der Waals surface area contributed by atoms with Crippen molar-refractivity contribution < 1.29 is 4.39 Å². The minimum Gasteiger partial charge on any atom is -0.228 e. The molecule has 0 bridgehead atoms. The molecule has 0 aliphatic carbocycles. The molecule has 0 atom stereocenters. The van der Waals surface area contributed by atoms with Crippen LogP contribution in [0.25, 0.3) is 22.3 Å². The molecule has 0 spiro atoms. The molecule has 5 heteroatoms. The third-order valence-electron chi connectivity index (χ3n) is 3.23. The van der Waals surface area contributed by atoms with Crippen LogP contribution in [0.15, 0.2) is 30.3 Å². The Morgan fingerprint density at radius 2 is 1.71 bits per heavy atom. The Hall–Kier alpha value is -1.71. The van der Waals surface area contributed by atoms with E-state index in [0.717, 1.165) is 11.1 Å². The molecule has 1 heterocycles. The van der Waals surface area contributed by atoms with Crippen LogP contribution < -0.4 is 0 Å². The van der Waals surface area contributed by atoms with Gasteiger partial charge in [-0.3, -0.25) is 0 Å². The fourth-order valence-corrected chi connectivity index (χ4v) is 2.74. The molecule has 3 aromatic rings. The lowest BCUT2D eigenvalue weighted by atomic mass is 10.1. The van der Waals surface area contributed by atoms with Gasteiger partial charge in [0.25, 0.3) is 0 Å². The lowest BCUT2D eigenvalue weighted by Gasteiger charge is -2.07. The van der Waals surface area contributed by atoms with Gasteiger partial charge in [-0.05, 0) is 49.2 Å². The van der Waals surface area contributed by atoms with E-state index in [1.165, 1.54) is 6.07 Å². The van der Waals surface area contributed by atoms with Crippen LogP contribution in [0.1, 0.15) is 11.1 Å². The van der Waals surface area contributed by atoms with Gasteiger partial charge in [-0.2, -0.15) is 0 Å². The number of rotatable bonds is 1. The minimum absolute atomic E-state index is 0.302. The number of aromatic nitrogens is 2. The second-order valence-corrected chi connectivity index (χ2v) is 5.77. The molecular weight excluding hydrogens is 310 g/mol. The largest absolute Gasteiger partial charge is 0.228 e. The average Bonchev–Trinajstić information content (AvgIpc) is 2.40. The van der Waals surface area contributed by atoms with Crippen molar-refractivity contribution in [3.8, 4) is 11.4 Å². The summed E-state index contributed by atoms with van der Waals surface area (Å²) in [7, 11) is 0. The maximum absolute atomic E-state index is 13.7. The predicted molar refractivity (Wildman–Crippen MR) is 84.4 cm³/mol. The Bertz CT molecular complexity index is 842. The first-order chi connectivity index (χ1) is 9.94. The van der Waals surface area contributed by atoms with Crippen LogP contribution in [0, 0.1) is 19.7 Å². The van der Waals surface area contributed by atoms with Gasteiger partial charge in [-0.25, -0.2) is 14.4 Å². The number of aryl methyl sites for hydroxylation is 2. The number of halogens is 3. The van der Waals surface area contributed by atoms with Gasteiger partial charge in [0, 0.05) is 22.0 Å². The van der Waals surface area contributed by atoms with Crippen LogP contribution in [0.3, 0.4) is 0 Å². The van der Waals surface area contributed by atoms with E-state index >= 15 is 0 Å². The molecule has 0 N–H and O–H groups in total. The lowest BCUT2D eigenvalue weighted by molar-refractivity contribution is 0.620. The van der Waals surface area contributed by atoms with E-state index in [0.29, 0.717) is 32.5 Å². The van der Waals surface area contributed by atoms with E-state index in [4.69, 9.17) is 23.2 Å². The zero-order chi connectivity index (χ0) is 15.1. The first kappa shape index (κ1) is 14.2. The van der Waals surface area contributed by atoms with Crippen molar-refractivity contribution in [2.24, 2.45) is 0 Å². The Morgan fingerprint density at radius 3 is 2.43 bits per heavy atom. The highest BCUT2D eigenvalue weighted by atomic mass is 35.5. The van der Waals surface area contributed by atoms with Crippen molar-refractivity contribution in [1.82, 2.24) is 9.97 Å². The van der Waals surface area contributed by atoms with E-state index in [1.807, 2.05) is 19.1 Å². The highest BCUT2D eigenvalue weighted by molar-refractivity contribution is 6.34. The molecule has 0 saturated carbocycles. The summed E-state index contributed by atoms with van der Waals surface area (Å²) < 4.78 is 13.7. The van der Waals surface area contributed by atoms with Crippen LogP contribution in [-0.4, -0.2) is 9.97 Å². The van der Waals surface area contributed by atoms with Gasteiger partial charge >= 0.3 is 0 Å². The fraction of sp³-hybridized carbons (Fsp3) is 0.125. The Labute approximate surface area is 131 Å². The Kier molecular flexibility index (Phi) is 3.56. The molecule has 0 aliphatic rings. The van der Waals surface area contributed by atoms with E-state index in [2.05, 4.69) is 9.97 Å². The predicted octanol–water partition coefficient (Wildman–Crippen LogP) is 5.36. The van der Waals surface area contributed by atoms with E-state index in [1.54, 1.807) is 19.1 Å². The van der Waals surface area contributed by atoms with Crippen LogP contribution in [0.4, 0.5) is 4.39 Å². The number of benzene rings is 2. The highest BCUT2D eigenvalue weighted by Gasteiger charge is 2.11. The van der Waals surface area contributed by atoms with Crippen molar-refractivity contribution in [2.45, 2.75) is 13.8 Å². The standard InChI is InChI=1S/C16H11Cl2FN2/c1-8-3-10(6-11(17)4-8)16-20-14-7-13(19)9(2)5-12(14)15(18)21-16/h3-7H,1-2H3. The zero-order valence-electron chi connectivity index (χ0n) is 11.4. The molecule has 0 fully saturated rings. The highest BCUT2D eigenvalue weighted by Crippen LogP contribution is 2.28. The summed E-state index contributed by atoms with van der Waals surface area (Å²) in [5.74, 6) is 0.117. The summed E-state index contributed by atoms with van der Waals surface area (Å²) in [6.45, 7) is 3.61. The quantitative estimate of drug-likeness (QED) is 0.564. The van der Waals surface area contributed by atoms with Gasteiger partial charge in [-0.1, -0.05) is 23.2 Å². The van der Waals surface area contributed by atoms with Gasteiger partial charge in [0.1, 0.15) is 11.0 Å². The number of hydrogen-bond donors (Lipinski definition) is 0. The van der Waals surface area contributed by atoms with Crippen LogP contribution in [-0.2, 0) is 0 Å². The van der Waals surface area contributed by atoms with Crippen molar-refractivity contribution in [3.63, 3.8) is 0 Å². The average molecular weight is 321 g/mol. The summed E-state index contributed by atoms with van der Waals surface area (Å²) in [4.78, 5) is 8.69. The fourth-order valence-electron chi connectivity index (χ4n) is 2.22. The van der Waals surface area contributed by atoms with Crippen molar-refractivity contribution >= 4 is 34.1 Å². The summed E-state index contributed by atoms with van der Waals surface area (Å²) in [6, 6.07) is 8.54. The molecule has 0 aliphatic heterocycles. The summed E-state index contributed by atoms with van der Waals surface area (Å²) in [5.41, 5.74) is 2.74. The normalized spacial score (nSPS) is 11.1. The molecule has 0 unspecified atom stereocenters. The van der Waals surface area contributed by atoms with Crippen LogP contribution in [0.2, 0.25) is 10.2 Å². The first-order valence-corrected chi connectivity index (χ1v) is 7.10. The number of nitrogens with zero attached hydrogens (tertiary/aromatic N) is 2. The van der Waals surface area contributed by atoms with Gasteiger partial charge in [0.2, 0.25) is 0 Å². The third kappa shape index (κ3) is 2.71. The SMILES string of the molecule is Cc1cc(Cl)cc(-c2nc(Cl)c3cc(C)c(F)cc3n2)c1. The van der Waals surface area contributed by atoms with Crippen molar-refractivity contribution in [2.75, 3.05) is 0 Å². The maximum Gasteiger partial charge on any atom is 0.161 e. The topological polar surface area (TPSA) is 25.8 Å². The maximum atomic E-state index is 13.7. The van der Waals surface area contributed by atoms with E-state index in [9.17, 15) is 4.39 Å². The van der Waals surface area contributed by atoms with Crippen molar-refractivity contribution in [3.05, 3.63) is 57.5 Å². The van der Waals surface area contributed by atoms with Crippen LogP contribution in [0.5, 0.6) is 0 Å². The molecule has 2 nitrogen and oxygen atoms in total. The molecule has 1 aromatic heterocycles. The molecule has 0 radical (unpaired) electrons. The van der Waals surface area contributed by atoms with Gasteiger partial charge in [0.15, 0.2) is 5.82 Å². The van der Waals surface area contributed by atoms with Gasteiger partial charge < -0.3 is 0 Å². The third-order valence-corrected chi connectivity index (χ3v) is 3.74. The number of fused-ring (bicyclic) bond motifs is 1. The van der Waals surface area contributed by atoms with Gasteiger partial charge in [-0.15, -0.1) is 0 Å². The van der Waals surface area contributed by atoms with Gasteiger partial charge in [0.05, 0.1) is 5.52 Å².